The average Bonchev–Trinajstić information content (AvgIpc) is 3.03. The Balaban J connectivity index is 1.39. The Morgan fingerprint density at radius 1 is 0.643 bits per heavy atom. The van der Waals surface area contributed by atoms with Gasteiger partial charge in [0, 0.05) is 62.2 Å². The minimum absolute atomic E-state index is 0.0967. The molecule has 0 bridgehead atoms. The lowest BCUT2D eigenvalue weighted by Crippen LogP contribution is -2.41. The molecule has 2 atom stereocenters. The molecule has 8 nitrogen and oxygen atoms in total. The third kappa shape index (κ3) is 9.90. The maximum absolute atomic E-state index is 13.7. The molecule has 0 saturated carbocycles. The minimum atomic E-state index is -0.0967. The van der Waals surface area contributed by atoms with Crippen molar-refractivity contribution in [1.29, 1.82) is 0 Å². The van der Waals surface area contributed by atoms with Crippen molar-refractivity contribution in [3.63, 3.8) is 0 Å². The first kappa shape index (κ1) is 32.1. The van der Waals surface area contributed by atoms with Crippen LogP contribution in [0, 0.1) is 11.8 Å². The van der Waals surface area contributed by atoms with Crippen LogP contribution in [0.25, 0.3) is 0 Å². The third-order valence-electron chi connectivity index (χ3n) is 8.16. The number of nitrogens with zero attached hydrogens (tertiary/aromatic N) is 2. The van der Waals surface area contributed by atoms with Crippen LogP contribution in [0.1, 0.15) is 60.2 Å². The Kier molecular flexibility index (Phi) is 13.3. The fourth-order valence-electron chi connectivity index (χ4n) is 5.82. The number of carbonyl (C=O) groups is 2. The Hall–Kier alpha value is -2.78. The largest absolute Gasteiger partial charge is 0.494 e. The molecule has 0 radical (unpaired) electrons. The summed E-state index contributed by atoms with van der Waals surface area (Å²) < 4.78 is 22.2. The Morgan fingerprint density at radius 2 is 1.00 bits per heavy atom. The summed E-state index contributed by atoms with van der Waals surface area (Å²) >= 11 is 0. The second-order valence-electron chi connectivity index (χ2n) is 11.1. The molecule has 2 aromatic carbocycles. The number of ether oxygens (including phenoxy) is 4. The van der Waals surface area contributed by atoms with Crippen molar-refractivity contribution in [1.82, 2.24) is 9.80 Å². The molecular weight excluding hydrogens is 532 g/mol. The molecular formula is C34H48N2O6. The van der Waals surface area contributed by atoms with Gasteiger partial charge in [0.1, 0.15) is 11.5 Å². The van der Waals surface area contributed by atoms with Gasteiger partial charge in [0.15, 0.2) is 11.6 Å². The third-order valence-corrected chi connectivity index (χ3v) is 8.16. The molecule has 2 fully saturated rings. The van der Waals surface area contributed by atoms with Crippen molar-refractivity contribution < 1.29 is 28.5 Å². The van der Waals surface area contributed by atoms with Gasteiger partial charge in [-0.25, -0.2) is 0 Å². The maximum atomic E-state index is 13.7. The highest BCUT2D eigenvalue weighted by atomic mass is 16.5. The smallest absolute Gasteiger partial charge is 0.167 e. The van der Waals surface area contributed by atoms with E-state index in [-0.39, 0.29) is 23.4 Å². The van der Waals surface area contributed by atoms with Crippen LogP contribution in [-0.2, 0) is 9.47 Å². The number of rotatable bonds is 17. The van der Waals surface area contributed by atoms with Crippen LogP contribution in [-0.4, -0.2) is 100 Å². The fraction of sp³-hybridized carbons (Fsp3) is 0.588. The average molecular weight is 581 g/mol. The molecule has 4 rings (SSSR count). The van der Waals surface area contributed by atoms with Crippen molar-refractivity contribution in [2.45, 2.75) is 39.5 Å². The SMILES string of the molecule is CCOc1ccc(C(=O)[C@@H](CCCC[C@@H](CN2CCOCC2)C(=O)c2ccc(OCC)cc2)CN2CCOCC2)cc1. The van der Waals surface area contributed by atoms with E-state index in [9.17, 15) is 9.59 Å². The molecule has 2 aliphatic rings. The monoisotopic (exact) mass is 580 g/mol. The summed E-state index contributed by atoms with van der Waals surface area (Å²) in [5, 5.41) is 0. The molecule has 2 aromatic rings. The predicted octanol–water partition coefficient (Wildman–Crippen LogP) is 5.01. The first-order chi connectivity index (χ1) is 20.6. The van der Waals surface area contributed by atoms with E-state index in [0.717, 1.165) is 87.6 Å². The first-order valence-electron chi connectivity index (χ1n) is 15.7. The summed E-state index contributed by atoms with van der Waals surface area (Å²) in [7, 11) is 0. The van der Waals surface area contributed by atoms with E-state index in [0.29, 0.717) is 39.6 Å². The normalized spacial score (nSPS) is 17.9. The van der Waals surface area contributed by atoms with E-state index in [4.69, 9.17) is 18.9 Å². The summed E-state index contributed by atoms with van der Waals surface area (Å²) in [5.74, 6) is 1.73. The van der Waals surface area contributed by atoms with Gasteiger partial charge >= 0.3 is 0 Å². The van der Waals surface area contributed by atoms with Gasteiger partial charge in [-0.05, 0) is 75.2 Å². The van der Waals surface area contributed by atoms with Crippen LogP contribution in [0.5, 0.6) is 11.5 Å². The number of hydrogen-bond acceptors (Lipinski definition) is 8. The number of Topliss-reactive ketones (excluding diaryl/α,β-unsaturated/α-hetero) is 2. The zero-order chi connectivity index (χ0) is 29.6. The molecule has 2 heterocycles. The number of morpholine rings is 2. The number of ketones is 2. The highest BCUT2D eigenvalue weighted by Gasteiger charge is 2.26. The van der Waals surface area contributed by atoms with E-state index < -0.39 is 0 Å². The van der Waals surface area contributed by atoms with Gasteiger partial charge in [-0.15, -0.1) is 0 Å². The standard InChI is InChI=1S/C34H48N2O6/c1-3-41-31-13-9-27(10-14-31)33(37)29(25-35-17-21-39-22-18-35)7-5-6-8-30(26-36-19-23-40-24-20-36)34(38)28-11-15-32(16-12-28)42-4-2/h9-16,29-30H,3-8,17-26H2,1-2H3/t29-,30-/m0/s1. The zero-order valence-electron chi connectivity index (χ0n) is 25.4. The number of carbonyl (C=O) groups excluding carboxylic acids is 2. The molecule has 0 spiro atoms. The lowest BCUT2D eigenvalue weighted by Gasteiger charge is -2.31. The Morgan fingerprint density at radius 3 is 1.33 bits per heavy atom. The van der Waals surface area contributed by atoms with Gasteiger partial charge in [-0.1, -0.05) is 12.8 Å². The van der Waals surface area contributed by atoms with Crippen LogP contribution in [0.2, 0.25) is 0 Å². The van der Waals surface area contributed by atoms with E-state index >= 15 is 0 Å². The van der Waals surface area contributed by atoms with Crippen molar-refractivity contribution in [3.05, 3.63) is 59.7 Å². The maximum Gasteiger partial charge on any atom is 0.167 e. The van der Waals surface area contributed by atoms with Crippen LogP contribution < -0.4 is 9.47 Å². The molecule has 0 aliphatic carbocycles. The van der Waals surface area contributed by atoms with Crippen molar-refractivity contribution in [2.24, 2.45) is 11.8 Å². The van der Waals surface area contributed by atoms with Crippen LogP contribution in [0.4, 0.5) is 0 Å². The van der Waals surface area contributed by atoms with Gasteiger partial charge in [-0.2, -0.15) is 0 Å². The molecule has 2 saturated heterocycles. The van der Waals surface area contributed by atoms with E-state index in [2.05, 4.69) is 9.80 Å². The van der Waals surface area contributed by atoms with E-state index in [1.165, 1.54) is 0 Å². The number of benzene rings is 2. The van der Waals surface area contributed by atoms with Crippen molar-refractivity contribution in [2.75, 3.05) is 78.9 Å². The van der Waals surface area contributed by atoms with Crippen LogP contribution in [0.15, 0.2) is 48.5 Å². The number of hydrogen-bond donors (Lipinski definition) is 0. The summed E-state index contributed by atoms with van der Waals surface area (Å²) in [6.07, 6.45) is 3.39. The van der Waals surface area contributed by atoms with Gasteiger partial charge in [0.05, 0.1) is 39.6 Å². The fourth-order valence-corrected chi connectivity index (χ4v) is 5.82. The summed E-state index contributed by atoms with van der Waals surface area (Å²) in [6.45, 7) is 12.8. The molecule has 0 unspecified atom stereocenters. The quantitative estimate of drug-likeness (QED) is 0.191. The summed E-state index contributed by atoms with van der Waals surface area (Å²) in [6, 6.07) is 15.1. The van der Waals surface area contributed by atoms with Crippen molar-refractivity contribution in [3.8, 4) is 11.5 Å². The van der Waals surface area contributed by atoms with Crippen LogP contribution in [0.3, 0.4) is 0 Å². The van der Waals surface area contributed by atoms with E-state index in [1.54, 1.807) is 0 Å². The van der Waals surface area contributed by atoms with Gasteiger partial charge in [-0.3, -0.25) is 19.4 Å². The molecule has 0 aromatic heterocycles. The molecule has 8 heteroatoms. The summed E-state index contributed by atoms with van der Waals surface area (Å²) in [5.41, 5.74) is 1.46. The topological polar surface area (TPSA) is 77.5 Å². The second-order valence-corrected chi connectivity index (χ2v) is 11.1. The first-order valence-corrected chi connectivity index (χ1v) is 15.7. The predicted molar refractivity (Wildman–Crippen MR) is 164 cm³/mol. The molecule has 230 valence electrons. The summed E-state index contributed by atoms with van der Waals surface area (Å²) in [4.78, 5) is 32.0. The highest BCUT2D eigenvalue weighted by molar-refractivity contribution is 5.98. The van der Waals surface area contributed by atoms with Crippen LogP contribution >= 0.6 is 0 Å². The van der Waals surface area contributed by atoms with Gasteiger partial charge in [0.25, 0.3) is 0 Å². The lowest BCUT2D eigenvalue weighted by atomic mass is 9.88. The van der Waals surface area contributed by atoms with Gasteiger partial charge < -0.3 is 18.9 Å². The number of unbranched alkanes of at least 4 members (excludes halogenated alkanes) is 1. The lowest BCUT2D eigenvalue weighted by molar-refractivity contribution is 0.0283. The van der Waals surface area contributed by atoms with Gasteiger partial charge in [0.2, 0.25) is 0 Å². The molecule has 0 N–H and O–H groups in total. The minimum Gasteiger partial charge on any atom is -0.494 e. The van der Waals surface area contributed by atoms with Crippen molar-refractivity contribution >= 4 is 11.6 Å². The second kappa shape index (κ2) is 17.4. The Labute approximate surface area is 251 Å². The Bertz CT molecular complexity index is 991. The molecule has 42 heavy (non-hydrogen) atoms. The molecule has 0 amide bonds. The molecule has 2 aliphatic heterocycles. The highest BCUT2D eigenvalue weighted by Crippen LogP contribution is 2.24. The van der Waals surface area contributed by atoms with E-state index in [1.807, 2.05) is 62.4 Å². The zero-order valence-corrected chi connectivity index (χ0v) is 25.4.